The number of aromatic hydroxyl groups is 1. The Morgan fingerprint density at radius 1 is 1.15 bits per heavy atom. The number of aldehydes is 1. The standard InChI is InChI=1S/C10H11BrO2/c1-5-6(2)10(13)8(4-12)7(3)9(5)11/h4,13H,1-3H3. The van der Waals surface area contributed by atoms with Gasteiger partial charge in [-0.2, -0.15) is 0 Å². The molecule has 1 aromatic carbocycles. The summed E-state index contributed by atoms with van der Waals surface area (Å²) >= 11 is 3.39. The van der Waals surface area contributed by atoms with Crippen molar-refractivity contribution in [2.45, 2.75) is 20.8 Å². The Morgan fingerprint density at radius 3 is 2.15 bits per heavy atom. The molecule has 0 atom stereocenters. The molecule has 13 heavy (non-hydrogen) atoms. The van der Waals surface area contributed by atoms with E-state index in [2.05, 4.69) is 15.9 Å². The Bertz CT molecular complexity index is 341. The monoisotopic (exact) mass is 242 g/mol. The molecule has 0 unspecified atom stereocenters. The predicted molar refractivity (Wildman–Crippen MR) is 55.4 cm³/mol. The van der Waals surface area contributed by atoms with Crippen molar-refractivity contribution < 1.29 is 9.90 Å². The van der Waals surface area contributed by atoms with Crippen molar-refractivity contribution >= 4 is 22.2 Å². The number of carbonyl (C=O) groups excluding carboxylic acids is 1. The summed E-state index contributed by atoms with van der Waals surface area (Å²) in [5.41, 5.74) is 2.88. The van der Waals surface area contributed by atoms with Crippen LogP contribution in [0.15, 0.2) is 4.47 Å². The third kappa shape index (κ3) is 1.48. The number of halogens is 1. The highest BCUT2D eigenvalue weighted by Crippen LogP contribution is 2.33. The molecule has 2 nitrogen and oxygen atoms in total. The van der Waals surface area contributed by atoms with Crippen molar-refractivity contribution in [3.05, 3.63) is 26.7 Å². The first kappa shape index (κ1) is 10.3. The molecule has 0 aliphatic carbocycles. The molecule has 3 heteroatoms. The van der Waals surface area contributed by atoms with Gasteiger partial charge < -0.3 is 5.11 Å². The number of carbonyl (C=O) groups is 1. The Labute approximate surface area is 85.7 Å². The van der Waals surface area contributed by atoms with Gasteiger partial charge in [0.25, 0.3) is 0 Å². The summed E-state index contributed by atoms with van der Waals surface area (Å²) in [5.74, 6) is 0.0909. The molecular formula is C10H11BrO2. The first-order valence-corrected chi connectivity index (χ1v) is 4.73. The summed E-state index contributed by atoms with van der Waals surface area (Å²) in [6.45, 7) is 5.50. The molecule has 0 aliphatic heterocycles. The average molecular weight is 243 g/mol. The van der Waals surface area contributed by atoms with Gasteiger partial charge >= 0.3 is 0 Å². The van der Waals surface area contributed by atoms with E-state index in [1.165, 1.54) is 0 Å². The molecule has 70 valence electrons. The van der Waals surface area contributed by atoms with Gasteiger partial charge in [0.2, 0.25) is 0 Å². The highest BCUT2D eigenvalue weighted by Gasteiger charge is 2.14. The minimum Gasteiger partial charge on any atom is -0.507 e. The molecule has 0 amide bonds. The summed E-state index contributed by atoms with van der Waals surface area (Å²) < 4.78 is 0.893. The topological polar surface area (TPSA) is 37.3 Å². The van der Waals surface area contributed by atoms with Gasteiger partial charge in [-0.05, 0) is 37.5 Å². The van der Waals surface area contributed by atoms with Crippen LogP contribution in [0.5, 0.6) is 5.75 Å². The second kappa shape index (κ2) is 3.50. The van der Waals surface area contributed by atoms with Crippen molar-refractivity contribution in [2.75, 3.05) is 0 Å². The Kier molecular flexibility index (Phi) is 2.76. The van der Waals surface area contributed by atoms with E-state index in [-0.39, 0.29) is 5.75 Å². The largest absolute Gasteiger partial charge is 0.507 e. The van der Waals surface area contributed by atoms with E-state index >= 15 is 0 Å². The third-order valence-electron chi connectivity index (χ3n) is 2.35. The summed E-state index contributed by atoms with van der Waals surface area (Å²) in [6.07, 6.45) is 0.682. The molecule has 0 saturated heterocycles. The molecule has 1 aromatic rings. The van der Waals surface area contributed by atoms with Crippen LogP contribution in [-0.4, -0.2) is 11.4 Å². The second-order valence-electron chi connectivity index (χ2n) is 3.07. The lowest BCUT2D eigenvalue weighted by Gasteiger charge is -2.11. The molecule has 0 aromatic heterocycles. The molecule has 0 bridgehead atoms. The van der Waals surface area contributed by atoms with Crippen LogP contribution in [0.25, 0.3) is 0 Å². The third-order valence-corrected chi connectivity index (χ3v) is 3.54. The smallest absolute Gasteiger partial charge is 0.154 e. The number of hydrogen-bond donors (Lipinski definition) is 1. The highest BCUT2D eigenvalue weighted by molar-refractivity contribution is 9.10. The maximum absolute atomic E-state index is 10.7. The lowest BCUT2D eigenvalue weighted by atomic mass is 10.00. The van der Waals surface area contributed by atoms with Crippen molar-refractivity contribution in [1.29, 1.82) is 0 Å². The molecule has 1 N–H and O–H groups in total. The first-order valence-electron chi connectivity index (χ1n) is 3.94. The average Bonchev–Trinajstić information content (AvgIpc) is 2.13. The first-order chi connectivity index (χ1) is 6.00. The zero-order chi connectivity index (χ0) is 10.2. The van der Waals surface area contributed by atoms with Crippen LogP contribution in [0.3, 0.4) is 0 Å². The van der Waals surface area contributed by atoms with Gasteiger partial charge in [0.05, 0.1) is 5.56 Å². The summed E-state index contributed by atoms with van der Waals surface area (Å²) in [5, 5.41) is 9.63. The number of rotatable bonds is 1. The maximum Gasteiger partial charge on any atom is 0.154 e. The molecule has 0 spiro atoms. The maximum atomic E-state index is 10.7. The van der Waals surface area contributed by atoms with E-state index in [0.717, 1.165) is 21.2 Å². The van der Waals surface area contributed by atoms with Crippen molar-refractivity contribution in [1.82, 2.24) is 0 Å². The fourth-order valence-electron chi connectivity index (χ4n) is 1.27. The van der Waals surface area contributed by atoms with Crippen LogP contribution < -0.4 is 0 Å². The Morgan fingerprint density at radius 2 is 1.69 bits per heavy atom. The highest BCUT2D eigenvalue weighted by atomic mass is 79.9. The Balaban J connectivity index is 3.66. The predicted octanol–water partition coefficient (Wildman–Crippen LogP) is 2.89. The van der Waals surface area contributed by atoms with Crippen LogP contribution in [-0.2, 0) is 0 Å². The number of hydrogen-bond acceptors (Lipinski definition) is 2. The SMILES string of the molecule is Cc1c(C)c(Br)c(C)c(C=O)c1O. The molecule has 0 saturated carbocycles. The summed E-state index contributed by atoms with van der Waals surface area (Å²) in [6, 6.07) is 0. The van der Waals surface area contributed by atoms with Gasteiger partial charge in [-0.1, -0.05) is 15.9 Å². The quantitative estimate of drug-likeness (QED) is 0.770. The van der Waals surface area contributed by atoms with Crippen LogP contribution in [0.1, 0.15) is 27.0 Å². The number of phenolic OH excluding ortho intramolecular Hbond substituents is 1. The van der Waals surface area contributed by atoms with E-state index < -0.39 is 0 Å². The minimum atomic E-state index is 0.0909. The van der Waals surface area contributed by atoms with Crippen LogP contribution in [0.2, 0.25) is 0 Å². The van der Waals surface area contributed by atoms with Crippen LogP contribution in [0, 0.1) is 20.8 Å². The van der Waals surface area contributed by atoms with E-state index in [4.69, 9.17) is 0 Å². The van der Waals surface area contributed by atoms with Gasteiger partial charge in [0, 0.05) is 4.47 Å². The van der Waals surface area contributed by atoms with Gasteiger partial charge in [0.15, 0.2) is 6.29 Å². The molecule has 0 fully saturated rings. The van der Waals surface area contributed by atoms with Gasteiger partial charge in [0.1, 0.15) is 5.75 Å². The molecule has 0 aliphatic rings. The zero-order valence-electron chi connectivity index (χ0n) is 7.81. The number of phenols is 1. The van der Waals surface area contributed by atoms with E-state index in [1.54, 1.807) is 13.8 Å². The fraction of sp³-hybridized carbons (Fsp3) is 0.300. The van der Waals surface area contributed by atoms with Gasteiger partial charge in [-0.3, -0.25) is 4.79 Å². The van der Waals surface area contributed by atoms with E-state index in [9.17, 15) is 9.90 Å². The van der Waals surface area contributed by atoms with Crippen LogP contribution in [0.4, 0.5) is 0 Å². The molecule has 0 radical (unpaired) electrons. The van der Waals surface area contributed by atoms with Gasteiger partial charge in [-0.15, -0.1) is 0 Å². The minimum absolute atomic E-state index is 0.0909. The molecule has 0 heterocycles. The lowest BCUT2D eigenvalue weighted by molar-refractivity contribution is 0.112. The molecular weight excluding hydrogens is 232 g/mol. The summed E-state index contributed by atoms with van der Waals surface area (Å²) in [7, 11) is 0. The van der Waals surface area contributed by atoms with Crippen LogP contribution >= 0.6 is 15.9 Å². The molecule has 1 rings (SSSR count). The van der Waals surface area contributed by atoms with Gasteiger partial charge in [-0.25, -0.2) is 0 Å². The van der Waals surface area contributed by atoms with Crippen molar-refractivity contribution in [2.24, 2.45) is 0 Å². The van der Waals surface area contributed by atoms with E-state index in [0.29, 0.717) is 11.8 Å². The van der Waals surface area contributed by atoms with Crippen molar-refractivity contribution in [3.63, 3.8) is 0 Å². The zero-order valence-corrected chi connectivity index (χ0v) is 9.40. The number of benzene rings is 1. The summed E-state index contributed by atoms with van der Waals surface area (Å²) in [4.78, 5) is 10.7. The second-order valence-corrected chi connectivity index (χ2v) is 3.86. The Hall–Kier alpha value is -0.830. The van der Waals surface area contributed by atoms with Crippen molar-refractivity contribution in [3.8, 4) is 5.75 Å². The van der Waals surface area contributed by atoms with E-state index in [1.807, 2.05) is 6.92 Å². The fourth-order valence-corrected chi connectivity index (χ4v) is 1.78. The normalized spacial score (nSPS) is 10.2. The lowest BCUT2D eigenvalue weighted by Crippen LogP contribution is -1.95.